The van der Waals surface area contributed by atoms with E-state index in [1.807, 2.05) is 0 Å². The average molecular weight is 340 g/mol. The SMILES string of the molecule is CC(=O)c1ccc(NC(=O)[C@H]2CC(=O)N(c3ccc(F)cc3)C2)cc1. The van der Waals surface area contributed by atoms with Crippen LogP contribution in [-0.4, -0.2) is 24.1 Å². The van der Waals surface area contributed by atoms with Crippen LogP contribution in [0.3, 0.4) is 0 Å². The molecular weight excluding hydrogens is 323 g/mol. The summed E-state index contributed by atoms with van der Waals surface area (Å²) in [4.78, 5) is 37.3. The summed E-state index contributed by atoms with van der Waals surface area (Å²) in [5, 5.41) is 2.76. The van der Waals surface area contributed by atoms with Crippen molar-refractivity contribution in [2.75, 3.05) is 16.8 Å². The zero-order chi connectivity index (χ0) is 18.0. The number of nitrogens with one attached hydrogen (secondary N) is 1. The highest BCUT2D eigenvalue weighted by molar-refractivity contribution is 6.03. The number of rotatable bonds is 4. The molecule has 5 nitrogen and oxygen atoms in total. The Hall–Kier alpha value is -3.02. The minimum Gasteiger partial charge on any atom is -0.326 e. The summed E-state index contributed by atoms with van der Waals surface area (Å²) < 4.78 is 13.0. The Labute approximate surface area is 144 Å². The van der Waals surface area contributed by atoms with Crippen LogP contribution >= 0.6 is 0 Å². The molecule has 0 unspecified atom stereocenters. The van der Waals surface area contributed by atoms with Gasteiger partial charge in [-0.3, -0.25) is 14.4 Å². The quantitative estimate of drug-likeness (QED) is 0.870. The normalized spacial score (nSPS) is 16.8. The third kappa shape index (κ3) is 3.74. The van der Waals surface area contributed by atoms with Gasteiger partial charge in [0.25, 0.3) is 0 Å². The Kier molecular flexibility index (Phi) is 4.61. The smallest absolute Gasteiger partial charge is 0.229 e. The summed E-state index contributed by atoms with van der Waals surface area (Å²) in [7, 11) is 0. The van der Waals surface area contributed by atoms with Crippen LogP contribution in [0.15, 0.2) is 48.5 Å². The highest BCUT2D eigenvalue weighted by Crippen LogP contribution is 2.26. The number of nitrogens with zero attached hydrogens (tertiary/aromatic N) is 1. The maximum atomic E-state index is 13.0. The molecule has 6 heteroatoms. The topological polar surface area (TPSA) is 66.5 Å². The van der Waals surface area contributed by atoms with Crippen molar-refractivity contribution in [2.24, 2.45) is 5.92 Å². The fourth-order valence-corrected chi connectivity index (χ4v) is 2.79. The van der Waals surface area contributed by atoms with Gasteiger partial charge in [0.2, 0.25) is 11.8 Å². The molecule has 1 fully saturated rings. The molecule has 1 aliphatic rings. The molecular formula is C19H17FN2O3. The molecule has 0 saturated carbocycles. The average Bonchev–Trinajstić information content (AvgIpc) is 2.98. The van der Waals surface area contributed by atoms with E-state index < -0.39 is 5.92 Å². The van der Waals surface area contributed by atoms with E-state index in [0.29, 0.717) is 16.9 Å². The Bertz CT molecular complexity index is 816. The van der Waals surface area contributed by atoms with E-state index in [2.05, 4.69) is 5.32 Å². The molecule has 1 heterocycles. The zero-order valence-corrected chi connectivity index (χ0v) is 13.7. The van der Waals surface area contributed by atoms with Gasteiger partial charge in [-0.05, 0) is 55.5 Å². The molecule has 128 valence electrons. The molecule has 2 amide bonds. The maximum Gasteiger partial charge on any atom is 0.229 e. The Balaban J connectivity index is 1.66. The third-order valence-corrected chi connectivity index (χ3v) is 4.19. The minimum absolute atomic E-state index is 0.0470. The monoisotopic (exact) mass is 340 g/mol. The van der Waals surface area contributed by atoms with Gasteiger partial charge in [-0.15, -0.1) is 0 Å². The van der Waals surface area contributed by atoms with Crippen molar-refractivity contribution in [1.82, 2.24) is 0 Å². The number of amides is 2. The largest absolute Gasteiger partial charge is 0.326 e. The first-order valence-electron chi connectivity index (χ1n) is 7.92. The van der Waals surface area contributed by atoms with E-state index in [-0.39, 0.29) is 36.4 Å². The molecule has 2 aromatic carbocycles. The number of benzene rings is 2. The van der Waals surface area contributed by atoms with Gasteiger partial charge in [-0.2, -0.15) is 0 Å². The van der Waals surface area contributed by atoms with Crippen molar-refractivity contribution < 1.29 is 18.8 Å². The molecule has 25 heavy (non-hydrogen) atoms. The maximum absolute atomic E-state index is 13.0. The lowest BCUT2D eigenvalue weighted by atomic mass is 10.1. The summed E-state index contributed by atoms with van der Waals surface area (Å²) >= 11 is 0. The summed E-state index contributed by atoms with van der Waals surface area (Å²) in [5.74, 6) is -1.33. The van der Waals surface area contributed by atoms with Gasteiger partial charge >= 0.3 is 0 Å². The second-order valence-corrected chi connectivity index (χ2v) is 6.00. The number of anilines is 2. The van der Waals surface area contributed by atoms with Crippen molar-refractivity contribution >= 4 is 29.0 Å². The number of Topliss-reactive ketones (excluding diaryl/α,β-unsaturated/α-hetero) is 1. The molecule has 3 rings (SSSR count). The number of carbonyl (C=O) groups excluding carboxylic acids is 3. The third-order valence-electron chi connectivity index (χ3n) is 4.19. The molecule has 1 N–H and O–H groups in total. The second kappa shape index (κ2) is 6.84. The predicted octanol–water partition coefficient (Wildman–Crippen LogP) is 3.02. The summed E-state index contributed by atoms with van der Waals surface area (Å²) in [6.45, 7) is 1.73. The van der Waals surface area contributed by atoms with E-state index in [4.69, 9.17) is 0 Å². The van der Waals surface area contributed by atoms with Crippen molar-refractivity contribution in [3.63, 3.8) is 0 Å². The van der Waals surface area contributed by atoms with Crippen molar-refractivity contribution in [3.05, 3.63) is 59.9 Å². The predicted molar refractivity (Wildman–Crippen MR) is 91.9 cm³/mol. The summed E-state index contributed by atoms with van der Waals surface area (Å²) in [6, 6.07) is 12.2. The van der Waals surface area contributed by atoms with Crippen molar-refractivity contribution in [2.45, 2.75) is 13.3 Å². The van der Waals surface area contributed by atoms with E-state index in [1.165, 1.54) is 36.1 Å². The Morgan fingerprint density at radius 1 is 1.08 bits per heavy atom. The van der Waals surface area contributed by atoms with Crippen LogP contribution in [0.5, 0.6) is 0 Å². The lowest BCUT2D eigenvalue weighted by Gasteiger charge is -2.16. The molecule has 0 aliphatic carbocycles. The molecule has 1 saturated heterocycles. The van der Waals surface area contributed by atoms with Crippen LogP contribution < -0.4 is 10.2 Å². The van der Waals surface area contributed by atoms with Crippen molar-refractivity contribution in [3.8, 4) is 0 Å². The Morgan fingerprint density at radius 3 is 2.32 bits per heavy atom. The number of hydrogen-bond donors (Lipinski definition) is 1. The fourth-order valence-electron chi connectivity index (χ4n) is 2.79. The molecule has 1 atom stereocenters. The number of ketones is 1. The molecule has 2 aromatic rings. The Morgan fingerprint density at radius 2 is 1.72 bits per heavy atom. The number of hydrogen-bond acceptors (Lipinski definition) is 3. The molecule has 0 radical (unpaired) electrons. The van der Waals surface area contributed by atoms with Gasteiger partial charge in [0.15, 0.2) is 5.78 Å². The van der Waals surface area contributed by atoms with Crippen LogP contribution in [0.1, 0.15) is 23.7 Å². The first-order valence-corrected chi connectivity index (χ1v) is 7.92. The summed E-state index contributed by atoms with van der Waals surface area (Å²) in [6.07, 6.45) is 0.106. The van der Waals surface area contributed by atoms with Gasteiger partial charge in [0.05, 0.1) is 5.92 Å². The van der Waals surface area contributed by atoms with E-state index in [1.54, 1.807) is 24.3 Å². The van der Waals surface area contributed by atoms with Crippen LogP contribution in [0.2, 0.25) is 0 Å². The van der Waals surface area contributed by atoms with Gasteiger partial charge in [0, 0.05) is 29.9 Å². The lowest BCUT2D eigenvalue weighted by Crippen LogP contribution is -2.28. The molecule has 0 spiro atoms. The number of carbonyl (C=O) groups is 3. The van der Waals surface area contributed by atoms with Crippen molar-refractivity contribution in [1.29, 1.82) is 0 Å². The highest BCUT2D eigenvalue weighted by atomic mass is 19.1. The molecule has 1 aliphatic heterocycles. The van der Waals surface area contributed by atoms with E-state index in [9.17, 15) is 18.8 Å². The van der Waals surface area contributed by atoms with Gasteiger partial charge in [-0.1, -0.05) is 0 Å². The zero-order valence-electron chi connectivity index (χ0n) is 13.7. The number of halogens is 1. The first kappa shape index (κ1) is 16.8. The van der Waals surface area contributed by atoms with E-state index in [0.717, 1.165) is 0 Å². The molecule has 0 bridgehead atoms. The molecule has 0 aromatic heterocycles. The van der Waals surface area contributed by atoms with Gasteiger partial charge in [-0.25, -0.2) is 4.39 Å². The van der Waals surface area contributed by atoms with Gasteiger partial charge < -0.3 is 10.2 Å². The minimum atomic E-state index is -0.481. The van der Waals surface area contributed by atoms with Crippen LogP contribution in [0, 0.1) is 11.7 Å². The van der Waals surface area contributed by atoms with Crippen LogP contribution in [0.4, 0.5) is 15.8 Å². The van der Waals surface area contributed by atoms with E-state index >= 15 is 0 Å². The van der Waals surface area contributed by atoms with Crippen LogP contribution in [-0.2, 0) is 9.59 Å². The standard InChI is InChI=1S/C19H17FN2O3/c1-12(23)13-2-6-16(7-3-13)21-19(25)14-10-18(24)22(11-14)17-8-4-15(20)5-9-17/h2-9,14H,10-11H2,1H3,(H,21,25)/t14-/m0/s1. The summed E-state index contributed by atoms with van der Waals surface area (Å²) in [5.41, 5.74) is 1.71. The first-order chi connectivity index (χ1) is 11.9. The second-order valence-electron chi connectivity index (χ2n) is 6.00. The highest BCUT2D eigenvalue weighted by Gasteiger charge is 2.35. The van der Waals surface area contributed by atoms with Crippen LogP contribution in [0.25, 0.3) is 0 Å². The fraction of sp³-hybridized carbons (Fsp3) is 0.211. The van der Waals surface area contributed by atoms with Gasteiger partial charge in [0.1, 0.15) is 5.82 Å². The lowest BCUT2D eigenvalue weighted by molar-refractivity contribution is -0.122.